The summed E-state index contributed by atoms with van der Waals surface area (Å²) in [6.07, 6.45) is 0. The monoisotopic (exact) mass is 206 g/mol. The van der Waals surface area contributed by atoms with E-state index in [2.05, 4.69) is 0 Å². The van der Waals surface area contributed by atoms with Gasteiger partial charge in [-0.25, -0.2) is 4.39 Å². The number of nitriles is 1. The third-order valence-electron chi connectivity index (χ3n) is 2.29. The van der Waals surface area contributed by atoms with E-state index in [-0.39, 0.29) is 28.2 Å². The van der Waals surface area contributed by atoms with E-state index in [4.69, 9.17) is 15.4 Å². The minimum atomic E-state index is -0.735. The minimum Gasteiger partial charge on any atom is -0.508 e. The van der Waals surface area contributed by atoms with E-state index in [1.54, 1.807) is 6.92 Å². The Morgan fingerprint density at radius 2 is 2.27 bits per heavy atom. The number of halogens is 1. The summed E-state index contributed by atoms with van der Waals surface area (Å²) >= 11 is 0. The maximum absolute atomic E-state index is 13.3. The fourth-order valence-electron chi connectivity index (χ4n) is 1.51. The van der Waals surface area contributed by atoms with E-state index >= 15 is 0 Å². The van der Waals surface area contributed by atoms with Gasteiger partial charge in [-0.3, -0.25) is 0 Å². The molecule has 1 aromatic carbocycles. The highest BCUT2D eigenvalue weighted by Crippen LogP contribution is 2.35. The van der Waals surface area contributed by atoms with Crippen LogP contribution in [0.25, 0.3) is 11.0 Å². The van der Waals surface area contributed by atoms with Crippen LogP contribution in [0.1, 0.15) is 11.1 Å². The van der Waals surface area contributed by atoms with Gasteiger partial charge >= 0.3 is 0 Å². The molecule has 0 spiro atoms. The number of hydrogen-bond acceptors (Lipinski definition) is 4. The summed E-state index contributed by atoms with van der Waals surface area (Å²) in [5, 5.41) is 18.4. The molecule has 3 N–H and O–H groups in total. The zero-order chi connectivity index (χ0) is 11.2. The quantitative estimate of drug-likeness (QED) is 0.690. The molecule has 2 aromatic rings. The first-order valence-corrected chi connectivity index (χ1v) is 4.16. The largest absolute Gasteiger partial charge is 0.508 e. The Hall–Kier alpha value is -2.22. The van der Waals surface area contributed by atoms with Crippen molar-refractivity contribution in [2.24, 2.45) is 0 Å². The average molecular weight is 206 g/mol. The molecule has 0 atom stereocenters. The van der Waals surface area contributed by atoms with Gasteiger partial charge in [-0.05, 0) is 6.92 Å². The normalized spacial score (nSPS) is 10.5. The molecule has 4 nitrogen and oxygen atoms in total. The van der Waals surface area contributed by atoms with Crippen LogP contribution in [-0.4, -0.2) is 5.11 Å². The summed E-state index contributed by atoms with van der Waals surface area (Å²) in [7, 11) is 0. The number of aromatic hydroxyl groups is 1. The number of aryl methyl sites for hydroxylation is 1. The average Bonchev–Trinajstić information content (AvgIpc) is 2.52. The fourth-order valence-corrected chi connectivity index (χ4v) is 1.51. The Kier molecular flexibility index (Phi) is 1.80. The van der Waals surface area contributed by atoms with E-state index < -0.39 is 5.82 Å². The van der Waals surface area contributed by atoms with Crippen molar-refractivity contribution in [2.75, 3.05) is 5.73 Å². The molecule has 0 saturated carbocycles. The van der Waals surface area contributed by atoms with Crippen molar-refractivity contribution in [1.29, 1.82) is 5.26 Å². The van der Waals surface area contributed by atoms with E-state index in [9.17, 15) is 9.50 Å². The number of nitrogens with zero attached hydrogens (tertiary/aromatic N) is 1. The molecule has 0 unspecified atom stereocenters. The van der Waals surface area contributed by atoms with Crippen LogP contribution in [-0.2, 0) is 0 Å². The first-order chi connectivity index (χ1) is 7.06. The third-order valence-corrected chi connectivity index (χ3v) is 2.29. The van der Waals surface area contributed by atoms with E-state index in [0.717, 1.165) is 6.07 Å². The highest BCUT2D eigenvalue weighted by Gasteiger charge is 2.19. The van der Waals surface area contributed by atoms with Crippen molar-refractivity contribution in [3.8, 4) is 11.8 Å². The van der Waals surface area contributed by atoms with Gasteiger partial charge in [0, 0.05) is 11.6 Å². The molecule has 1 heterocycles. The van der Waals surface area contributed by atoms with Gasteiger partial charge in [-0.1, -0.05) is 0 Å². The van der Waals surface area contributed by atoms with Gasteiger partial charge in [0.2, 0.25) is 5.88 Å². The molecule has 0 fully saturated rings. The topological polar surface area (TPSA) is 83.2 Å². The van der Waals surface area contributed by atoms with Crippen molar-refractivity contribution < 1.29 is 13.9 Å². The number of rotatable bonds is 0. The van der Waals surface area contributed by atoms with Gasteiger partial charge in [-0.15, -0.1) is 0 Å². The maximum Gasteiger partial charge on any atom is 0.209 e. The number of phenolic OH excluding ortho intramolecular Hbond substituents is 1. The lowest BCUT2D eigenvalue weighted by Crippen LogP contribution is -1.85. The smallest absolute Gasteiger partial charge is 0.209 e. The summed E-state index contributed by atoms with van der Waals surface area (Å²) in [5.41, 5.74) is 5.75. The van der Waals surface area contributed by atoms with Crippen LogP contribution in [0.3, 0.4) is 0 Å². The van der Waals surface area contributed by atoms with E-state index in [1.165, 1.54) is 0 Å². The molecular weight excluding hydrogens is 199 g/mol. The predicted molar refractivity (Wildman–Crippen MR) is 51.7 cm³/mol. The summed E-state index contributed by atoms with van der Waals surface area (Å²) in [6.45, 7) is 1.56. The van der Waals surface area contributed by atoms with Crippen molar-refractivity contribution in [3.05, 3.63) is 23.0 Å². The molecule has 0 radical (unpaired) electrons. The number of hydrogen-bond donors (Lipinski definition) is 2. The highest BCUT2D eigenvalue weighted by atomic mass is 19.1. The number of fused-ring (bicyclic) bond motifs is 1. The molecule has 0 amide bonds. The van der Waals surface area contributed by atoms with Gasteiger partial charge in [-0.2, -0.15) is 5.26 Å². The Balaban J connectivity index is 3.06. The minimum absolute atomic E-state index is 0.0531. The Labute approximate surface area is 84.3 Å². The second kappa shape index (κ2) is 2.89. The molecule has 5 heteroatoms. The molecule has 15 heavy (non-hydrogen) atoms. The summed E-state index contributed by atoms with van der Waals surface area (Å²) in [5.74, 6) is -1.10. The lowest BCUT2D eigenvalue weighted by Gasteiger charge is -2.00. The first-order valence-electron chi connectivity index (χ1n) is 4.16. The van der Waals surface area contributed by atoms with E-state index in [0.29, 0.717) is 5.56 Å². The summed E-state index contributed by atoms with van der Waals surface area (Å²) < 4.78 is 18.3. The second-order valence-electron chi connectivity index (χ2n) is 3.16. The van der Waals surface area contributed by atoms with Crippen molar-refractivity contribution in [2.45, 2.75) is 6.92 Å². The van der Waals surface area contributed by atoms with Gasteiger partial charge in [0.05, 0.1) is 5.39 Å². The predicted octanol–water partition coefficient (Wildman–Crippen LogP) is 2.04. The molecule has 0 aliphatic rings. The lowest BCUT2D eigenvalue weighted by atomic mass is 10.1. The van der Waals surface area contributed by atoms with Crippen LogP contribution in [0.5, 0.6) is 5.75 Å². The molecular formula is C10H7FN2O2. The van der Waals surface area contributed by atoms with Crippen LogP contribution >= 0.6 is 0 Å². The van der Waals surface area contributed by atoms with Gasteiger partial charge < -0.3 is 15.3 Å². The number of benzene rings is 1. The number of phenols is 1. The Bertz CT molecular complexity index is 596. The van der Waals surface area contributed by atoms with Gasteiger partial charge in [0.15, 0.2) is 11.4 Å². The molecule has 1 aromatic heterocycles. The van der Waals surface area contributed by atoms with Gasteiger partial charge in [0.25, 0.3) is 0 Å². The van der Waals surface area contributed by atoms with Crippen molar-refractivity contribution in [3.63, 3.8) is 0 Å². The lowest BCUT2D eigenvalue weighted by molar-refractivity contribution is 0.465. The molecule has 2 rings (SSSR count). The number of anilines is 1. The molecule has 0 aliphatic carbocycles. The van der Waals surface area contributed by atoms with E-state index in [1.807, 2.05) is 6.07 Å². The van der Waals surface area contributed by atoms with Crippen molar-refractivity contribution >= 4 is 16.9 Å². The maximum atomic E-state index is 13.3. The zero-order valence-corrected chi connectivity index (χ0v) is 7.84. The summed E-state index contributed by atoms with van der Waals surface area (Å²) in [6, 6.07) is 2.75. The van der Waals surface area contributed by atoms with Crippen LogP contribution in [0.4, 0.5) is 10.3 Å². The molecule has 0 aliphatic heterocycles. The Morgan fingerprint density at radius 3 is 2.87 bits per heavy atom. The molecule has 0 saturated heterocycles. The van der Waals surface area contributed by atoms with Crippen LogP contribution < -0.4 is 5.73 Å². The Morgan fingerprint density at radius 1 is 1.60 bits per heavy atom. The summed E-state index contributed by atoms with van der Waals surface area (Å²) in [4.78, 5) is 0. The van der Waals surface area contributed by atoms with Gasteiger partial charge in [0.1, 0.15) is 17.4 Å². The molecule has 76 valence electrons. The second-order valence-corrected chi connectivity index (χ2v) is 3.16. The zero-order valence-electron chi connectivity index (χ0n) is 7.84. The van der Waals surface area contributed by atoms with Crippen LogP contribution in [0.2, 0.25) is 0 Å². The fraction of sp³-hybridized carbons (Fsp3) is 0.100. The van der Waals surface area contributed by atoms with Crippen LogP contribution in [0, 0.1) is 24.1 Å². The van der Waals surface area contributed by atoms with Crippen LogP contribution in [0.15, 0.2) is 10.5 Å². The standard InChI is InChI=1S/C10H7FN2O2/c1-4-7(14)2-6(11)9-8(4)5(3-12)10(13)15-9/h2,14H,13H2,1H3. The number of furan rings is 1. The SMILES string of the molecule is Cc1c(O)cc(F)c2oc(N)c(C#N)c12. The first kappa shape index (κ1) is 9.34. The molecule has 0 bridgehead atoms. The number of nitrogen functional groups attached to an aromatic ring is 1. The third kappa shape index (κ3) is 1.12. The highest BCUT2D eigenvalue weighted by molar-refractivity contribution is 5.93. The van der Waals surface area contributed by atoms with Crippen molar-refractivity contribution in [1.82, 2.24) is 0 Å². The number of nitrogens with two attached hydrogens (primary N) is 1.